The van der Waals surface area contributed by atoms with E-state index in [4.69, 9.17) is 10.5 Å². The van der Waals surface area contributed by atoms with Gasteiger partial charge >= 0.3 is 5.97 Å². The molecule has 1 aromatic heterocycles. The molecule has 0 amide bonds. The number of hydrogen-bond donors (Lipinski definition) is 1. The minimum absolute atomic E-state index is 0.0944. The SMILES string of the molecule is COC(=O)c1nn(COC(C)C)cc1N. The lowest BCUT2D eigenvalue weighted by Gasteiger charge is -2.06. The maximum Gasteiger partial charge on any atom is 0.360 e. The Morgan fingerprint density at radius 2 is 2.33 bits per heavy atom. The van der Waals surface area contributed by atoms with Gasteiger partial charge in [-0.3, -0.25) is 0 Å². The molecule has 0 unspecified atom stereocenters. The molecule has 0 aromatic carbocycles. The largest absolute Gasteiger partial charge is 0.464 e. The van der Waals surface area contributed by atoms with E-state index in [9.17, 15) is 4.79 Å². The summed E-state index contributed by atoms with van der Waals surface area (Å²) in [6, 6.07) is 0. The van der Waals surface area contributed by atoms with Crippen molar-refractivity contribution in [3.63, 3.8) is 0 Å². The van der Waals surface area contributed by atoms with Gasteiger partial charge in [-0.15, -0.1) is 0 Å². The number of esters is 1. The van der Waals surface area contributed by atoms with Gasteiger partial charge in [-0.25, -0.2) is 9.48 Å². The van der Waals surface area contributed by atoms with Crippen molar-refractivity contribution in [2.75, 3.05) is 12.8 Å². The number of hydrogen-bond acceptors (Lipinski definition) is 5. The molecule has 0 spiro atoms. The Hall–Kier alpha value is -1.56. The number of carbonyl (C=O) groups is 1. The van der Waals surface area contributed by atoms with E-state index >= 15 is 0 Å². The number of methoxy groups -OCH3 is 1. The van der Waals surface area contributed by atoms with E-state index < -0.39 is 5.97 Å². The number of carbonyl (C=O) groups excluding carboxylic acids is 1. The average molecular weight is 213 g/mol. The van der Waals surface area contributed by atoms with Crippen molar-refractivity contribution >= 4 is 11.7 Å². The van der Waals surface area contributed by atoms with Gasteiger partial charge in [-0.2, -0.15) is 5.10 Å². The number of rotatable bonds is 4. The lowest BCUT2D eigenvalue weighted by atomic mass is 10.4. The second-order valence-electron chi connectivity index (χ2n) is 3.31. The van der Waals surface area contributed by atoms with Crippen molar-refractivity contribution in [2.24, 2.45) is 0 Å². The highest BCUT2D eigenvalue weighted by atomic mass is 16.5. The van der Waals surface area contributed by atoms with E-state index in [2.05, 4.69) is 9.84 Å². The van der Waals surface area contributed by atoms with Crippen LogP contribution >= 0.6 is 0 Å². The van der Waals surface area contributed by atoms with E-state index in [0.717, 1.165) is 0 Å². The average Bonchev–Trinajstić information content (AvgIpc) is 2.55. The number of nitrogens with zero attached hydrogens (tertiary/aromatic N) is 2. The first-order valence-corrected chi connectivity index (χ1v) is 4.57. The van der Waals surface area contributed by atoms with Gasteiger partial charge in [0.25, 0.3) is 0 Å². The van der Waals surface area contributed by atoms with Gasteiger partial charge in [0.1, 0.15) is 6.73 Å². The van der Waals surface area contributed by atoms with E-state index in [1.165, 1.54) is 18.0 Å². The standard InChI is InChI=1S/C9H15N3O3/c1-6(2)15-5-12-4-7(10)8(11-12)9(13)14-3/h4,6H,5,10H2,1-3H3. The third kappa shape index (κ3) is 2.95. The van der Waals surface area contributed by atoms with E-state index in [0.29, 0.717) is 0 Å². The number of nitrogen functional groups attached to an aromatic ring is 1. The molecule has 1 heterocycles. The summed E-state index contributed by atoms with van der Waals surface area (Å²) in [5, 5.41) is 3.94. The van der Waals surface area contributed by atoms with Gasteiger partial charge in [-0.1, -0.05) is 0 Å². The lowest BCUT2D eigenvalue weighted by Crippen LogP contribution is -2.10. The van der Waals surface area contributed by atoms with Crippen LogP contribution in [0, 0.1) is 0 Å². The predicted octanol–water partition coefficient (Wildman–Crippen LogP) is 0.634. The first kappa shape index (κ1) is 11.5. The van der Waals surface area contributed by atoms with Crippen LogP contribution in [0.2, 0.25) is 0 Å². The normalized spacial score (nSPS) is 10.7. The number of nitrogens with two attached hydrogens (primary N) is 1. The fraction of sp³-hybridized carbons (Fsp3) is 0.556. The minimum Gasteiger partial charge on any atom is -0.464 e. The molecule has 84 valence electrons. The lowest BCUT2D eigenvalue weighted by molar-refractivity contribution is 0.0216. The molecule has 1 aromatic rings. The van der Waals surface area contributed by atoms with Crippen molar-refractivity contribution in [3.8, 4) is 0 Å². The number of anilines is 1. The molecular weight excluding hydrogens is 198 g/mol. The maximum absolute atomic E-state index is 11.2. The molecule has 0 saturated carbocycles. The number of ether oxygens (including phenoxy) is 2. The Kier molecular flexibility index (Phi) is 3.68. The quantitative estimate of drug-likeness (QED) is 0.742. The molecule has 6 nitrogen and oxygen atoms in total. The van der Waals surface area contributed by atoms with Crippen molar-refractivity contribution in [1.82, 2.24) is 9.78 Å². The van der Waals surface area contributed by atoms with Gasteiger partial charge in [-0.05, 0) is 13.8 Å². The van der Waals surface area contributed by atoms with Crippen LogP contribution in [0.5, 0.6) is 0 Å². The summed E-state index contributed by atoms with van der Waals surface area (Å²) in [6.45, 7) is 4.08. The van der Waals surface area contributed by atoms with Gasteiger partial charge in [0.15, 0.2) is 5.69 Å². The molecule has 0 aliphatic carbocycles. The van der Waals surface area contributed by atoms with E-state index in [-0.39, 0.29) is 24.2 Å². The predicted molar refractivity (Wildman–Crippen MR) is 54.2 cm³/mol. The van der Waals surface area contributed by atoms with Crippen LogP contribution in [-0.2, 0) is 16.2 Å². The Morgan fingerprint density at radius 3 is 2.87 bits per heavy atom. The molecule has 0 aliphatic rings. The Morgan fingerprint density at radius 1 is 1.67 bits per heavy atom. The summed E-state index contributed by atoms with van der Waals surface area (Å²) < 4.78 is 11.3. The Bertz CT molecular complexity index is 346. The van der Waals surface area contributed by atoms with Gasteiger partial charge in [0, 0.05) is 0 Å². The molecule has 2 N–H and O–H groups in total. The summed E-state index contributed by atoms with van der Waals surface area (Å²) in [5.41, 5.74) is 5.99. The van der Waals surface area contributed by atoms with Crippen LogP contribution in [0.1, 0.15) is 24.3 Å². The van der Waals surface area contributed by atoms with E-state index in [1.807, 2.05) is 13.8 Å². The zero-order valence-electron chi connectivity index (χ0n) is 9.06. The topological polar surface area (TPSA) is 79.4 Å². The molecule has 0 radical (unpaired) electrons. The van der Waals surface area contributed by atoms with Gasteiger partial charge < -0.3 is 15.2 Å². The highest BCUT2D eigenvalue weighted by molar-refractivity contribution is 5.92. The second kappa shape index (κ2) is 4.79. The van der Waals surface area contributed by atoms with Crippen molar-refractivity contribution in [2.45, 2.75) is 26.7 Å². The van der Waals surface area contributed by atoms with Crippen LogP contribution in [0.15, 0.2) is 6.20 Å². The van der Waals surface area contributed by atoms with Crippen molar-refractivity contribution in [1.29, 1.82) is 0 Å². The smallest absolute Gasteiger partial charge is 0.360 e. The maximum atomic E-state index is 11.2. The third-order valence-corrected chi connectivity index (χ3v) is 1.71. The van der Waals surface area contributed by atoms with Crippen LogP contribution in [-0.4, -0.2) is 29.0 Å². The summed E-state index contributed by atoms with van der Waals surface area (Å²) in [7, 11) is 1.28. The molecule has 15 heavy (non-hydrogen) atoms. The molecule has 0 saturated heterocycles. The zero-order chi connectivity index (χ0) is 11.4. The molecule has 0 atom stereocenters. The monoisotopic (exact) mass is 213 g/mol. The highest BCUT2D eigenvalue weighted by Gasteiger charge is 2.14. The molecule has 0 aliphatic heterocycles. The molecule has 0 fully saturated rings. The zero-order valence-corrected chi connectivity index (χ0v) is 9.06. The highest BCUT2D eigenvalue weighted by Crippen LogP contribution is 2.10. The summed E-state index contributed by atoms with van der Waals surface area (Å²) >= 11 is 0. The summed E-state index contributed by atoms with van der Waals surface area (Å²) in [4.78, 5) is 11.2. The fourth-order valence-corrected chi connectivity index (χ4v) is 0.984. The third-order valence-electron chi connectivity index (χ3n) is 1.71. The van der Waals surface area contributed by atoms with Crippen LogP contribution < -0.4 is 5.73 Å². The Labute approximate surface area is 88.0 Å². The Balaban J connectivity index is 2.72. The first-order chi connectivity index (χ1) is 7.04. The van der Waals surface area contributed by atoms with Crippen LogP contribution in [0.4, 0.5) is 5.69 Å². The molecular formula is C9H15N3O3. The second-order valence-corrected chi connectivity index (χ2v) is 3.31. The van der Waals surface area contributed by atoms with E-state index in [1.54, 1.807) is 0 Å². The van der Waals surface area contributed by atoms with Gasteiger partial charge in [0.2, 0.25) is 0 Å². The molecule has 1 rings (SSSR count). The van der Waals surface area contributed by atoms with Gasteiger partial charge in [0.05, 0.1) is 25.1 Å². The summed E-state index contributed by atoms with van der Waals surface area (Å²) in [5.74, 6) is -0.546. The van der Waals surface area contributed by atoms with Crippen LogP contribution in [0.3, 0.4) is 0 Å². The fourth-order valence-electron chi connectivity index (χ4n) is 0.984. The minimum atomic E-state index is -0.546. The number of aromatic nitrogens is 2. The van der Waals surface area contributed by atoms with Crippen molar-refractivity contribution < 1.29 is 14.3 Å². The summed E-state index contributed by atoms with van der Waals surface area (Å²) in [6.07, 6.45) is 1.63. The molecule has 0 bridgehead atoms. The molecule has 6 heteroatoms. The van der Waals surface area contributed by atoms with Crippen molar-refractivity contribution in [3.05, 3.63) is 11.9 Å². The van der Waals surface area contributed by atoms with Crippen LogP contribution in [0.25, 0.3) is 0 Å². The first-order valence-electron chi connectivity index (χ1n) is 4.57.